The minimum absolute atomic E-state index is 0.351. The molecule has 0 saturated carbocycles. The van der Waals surface area contributed by atoms with E-state index in [-0.39, 0.29) is 5.25 Å². The van der Waals surface area contributed by atoms with Crippen LogP contribution in [0.15, 0.2) is 0 Å². The molecule has 0 spiro atoms. The zero-order chi connectivity index (χ0) is 9.19. The molecule has 1 heterocycles. The SMILES string of the molecule is CS(=O)(=O)C1CCCN(C=O)C1. The summed E-state index contributed by atoms with van der Waals surface area (Å²) in [5, 5.41) is -0.351. The minimum atomic E-state index is -2.97. The molecule has 0 bridgehead atoms. The highest BCUT2D eigenvalue weighted by atomic mass is 32.2. The van der Waals surface area contributed by atoms with E-state index in [9.17, 15) is 13.2 Å². The summed E-state index contributed by atoms with van der Waals surface area (Å²) in [6.45, 7) is 1.05. The van der Waals surface area contributed by atoms with Gasteiger partial charge in [0.1, 0.15) is 0 Å². The molecule has 0 N–H and O–H groups in total. The second-order valence-corrected chi connectivity index (χ2v) is 5.52. The van der Waals surface area contributed by atoms with Crippen LogP contribution in [0, 0.1) is 0 Å². The van der Waals surface area contributed by atoms with Crippen molar-refractivity contribution in [2.24, 2.45) is 0 Å². The van der Waals surface area contributed by atoms with Crippen molar-refractivity contribution >= 4 is 16.2 Å². The van der Waals surface area contributed by atoms with Crippen molar-refractivity contribution in [3.05, 3.63) is 0 Å². The molecule has 70 valence electrons. The highest BCUT2D eigenvalue weighted by molar-refractivity contribution is 7.91. The molecule has 1 aliphatic heterocycles. The third-order valence-corrected chi connectivity index (χ3v) is 3.76. The highest BCUT2D eigenvalue weighted by Gasteiger charge is 2.26. The Bertz CT molecular complexity index is 260. The van der Waals surface area contributed by atoms with Crippen LogP contribution in [0.3, 0.4) is 0 Å². The van der Waals surface area contributed by atoms with Crippen molar-refractivity contribution in [2.75, 3.05) is 19.3 Å². The summed E-state index contributed by atoms with van der Waals surface area (Å²) in [6.07, 6.45) is 3.42. The number of likely N-dealkylation sites (tertiary alicyclic amines) is 1. The molecule has 1 atom stereocenters. The summed E-state index contributed by atoms with van der Waals surface area (Å²) >= 11 is 0. The Labute approximate surface area is 72.5 Å². The lowest BCUT2D eigenvalue weighted by molar-refractivity contribution is -0.118. The average molecular weight is 191 g/mol. The van der Waals surface area contributed by atoms with Crippen molar-refractivity contribution in [3.63, 3.8) is 0 Å². The summed E-state index contributed by atoms with van der Waals surface area (Å²) in [5.74, 6) is 0. The number of carbonyl (C=O) groups is 1. The van der Waals surface area contributed by atoms with Gasteiger partial charge in [-0.3, -0.25) is 4.79 Å². The van der Waals surface area contributed by atoms with Gasteiger partial charge < -0.3 is 4.90 Å². The van der Waals surface area contributed by atoms with E-state index in [1.807, 2.05) is 0 Å². The molecule has 1 fully saturated rings. The Balaban J connectivity index is 2.64. The second-order valence-electron chi connectivity index (χ2n) is 3.19. The van der Waals surface area contributed by atoms with Gasteiger partial charge in [-0.1, -0.05) is 0 Å². The van der Waals surface area contributed by atoms with Gasteiger partial charge in [0.2, 0.25) is 6.41 Å². The molecule has 0 radical (unpaired) electrons. The molecule has 0 aliphatic carbocycles. The molecule has 1 unspecified atom stereocenters. The molecule has 1 amide bonds. The van der Waals surface area contributed by atoms with E-state index in [1.54, 1.807) is 0 Å². The number of amides is 1. The first-order valence-electron chi connectivity index (χ1n) is 3.92. The fourth-order valence-electron chi connectivity index (χ4n) is 1.41. The van der Waals surface area contributed by atoms with E-state index in [4.69, 9.17) is 0 Å². The Kier molecular flexibility index (Phi) is 2.72. The topological polar surface area (TPSA) is 54.5 Å². The maximum absolute atomic E-state index is 11.1. The van der Waals surface area contributed by atoms with Gasteiger partial charge in [0.25, 0.3) is 0 Å². The third kappa shape index (κ3) is 2.20. The van der Waals surface area contributed by atoms with Crippen molar-refractivity contribution < 1.29 is 13.2 Å². The molecule has 1 aliphatic rings. The number of sulfone groups is 1. The summed E-state index contributed by atoms with van der Waals surface area (Å²) in [6, 6.07) is 0. The summed E-state index contributed by atoms with van der Waals surface area (Å²) in [4.78, 5) is 11.9. The van der Waals surface area contributed by atoms with Gasteiger partial charge >= 0.3 is 0 Å². The first kappa shape index (κ1) is 9.51. The quantitative estimate of drug-likeness (QED) is 0.561. The maximum atomic E-state index is 11.1. The van der Waals surface area contributed by atoms with Crippen LogP contribution in [0.5, 0.6) is 0 Å². The Morgan fingerprint density at radius 1 is 1.50 bits per heavy atom. The van der Waals surface area contributed by atoms with Gasteiger partial charge in [-0.15, -0.1) is 0 Å². The maximum Gasteiger partial charge on any atom is 0.209 e. The van der Waals surface area contributed by atoms with Crippen molar-refractivity contribution in [1.29, 1.82) is 0 Å². The van der Waals surface area contributed by atoms with Crippen LogP contribution >= 0.6 is 0 Å². The van der Waals surface area contributed by atoms with Crippen LogP contribution in [0.25, 0.3) is 0 Å². The minimum Gasteiger partial charge on any atom is -0.344 e. The molecular formula is C7H13NO3S. The van der Waals surface area contributed by atoms with Crippen LogP contribution in [0.2, 0.25) is 0 Å². The first-order chi connectivity index (χ1) is 5.54. The molecule has 1 saturated heterocycles. The van der Waals surface area contributed by atoms with Crippen LogP contribution in [-0.2, 0) is 14.6 Å². The van der Waals surface area contributed by atoms with Gasteiger partial charge in [-0.05, 0) is 12.8 Å². The lowest BCUT2D eigenvalue weighted by atomic mass is 10.1. The van der Waals surface area contributed by atoms with E-state index >= 15 is 0 Å². The van der Waals surface area contributed by atoms with E-state index in [2.05, 4.69) is 0 Å². The smallest absolute Gasteiger partial charge is 0.209 e. The van der Waals surface area contributed by atoms with E-state index in [0.29, 0.717) is 19.5 Å². The van der Waals surface area contributed by atoms with Crippen molar-refractivity contribution in [2.45, 2.75) is 18.1 Å². The van der Waals surface area contributed by atoms with Gasteiger partial charge in [-0.2, -0.15) is 0 Å². The molecular weight excluding hydrogens is 178 g/mol. The van der Waals surface area contributed by atoms with Gasteiger partial charge in [0, 0.05) is 19.3 Å². The molecule has 0 aromatic rings. The number of nitrogens with zero attached hydrogens (tertiary/aromatic N) is 1. The highest BCUT2D eigenvalue weighted by Crippen LogP contribution is 2.14. The monoisotopic (exact) mass is 191 g/mol. The molecule has 12 heavy (non-hydrogen) atoms. The summed E-state index contributed by atoms with van der Waals surface area (Å²) in [5.41, 5.74) is 0. The molecule has 5 heteroatoms. The lowest BCUT2D eigenvalue weighted by Gasteiger charge is -2.28. The van der Waals surface area contributed by atoms with Crippen molar-refractivity contribution in [3.8, 4) is 0 Å². The number of hydrogen-bond donors (Lipinski definition) is 0. The van der Waals surface area contributed by atoms with Gasteiger partial charge in [0.15, 0.2) is 9.84 Å². The Morgan fingerprint density at radius 2 is 2.17 bits per heavy atom. The fourth-order valence-corrected chi connectivity index (χ4v) is 2.47. The summed E-state index contributed by atoms with van der Waals surface area (Å²) < 4.78 is 22.2. The van der Waals surface area contributed by atoms with Gasteiger partial charge in [-0.25, -0.2) is 8.42 Å². The van der Waals surface area contributed by atoms with Crippen LogP contribution in [-0.4, -0.2) is 44.3 Å². The summed E-state index contributed by atoms with van der Waals surface area (Å²) in [7, 11) is -2.97. The molecule has 4 nitrogen and oxygen atoms in total. The zero-order valence-electron chi connectivity index (χ0n) is 7.06. The van der Waals surface area contributed by atoms with Crippen LogP contribution in [0.4, 0.5) is 0 Å². The molecule has 0 aromatic carbocycles. The third-order valence-electron chi connectivity index (χ3n) is 2.16. The van der Waals surface area contributed by atoms with E-state index in [1.165, 1.54) is 11.2 Å². The van der Waals surface area contributed by atoms with E-state index < -0.39 is 9.84 Å². The van der Waals surface area contributed by atoms with Crippen LogP contribution < -0.4 is 0 Å². The standard InChI is InChI=1S/C7H13NO3S/c1-12(10,11)7-3-2-4-8(5-7)6-9/h6-7H,2-5H2,1H3. The number of rotatable bonds is 2. The number of carbonyl (C=O) groups excluding carboxylic acids is 1. The Morgan fingerprint density at radius 3 is 2.67 bits per heavy atom. The number of piperidine rings is 1. The Hall–Kier alpha value is -0.580. The average Bonchev–Trinajstić information content (AvgIpc) is 2.03. The van der Waals surface area contributed by atoms with Gasteiger partial charge in [0.05, 0.1) is 5.25 Å². The predicted molar refractivity (Wildman–Crippen MR) is 45.5 cm³/mol. The van der Waals surface area contributed by atoms with E-state index in [0.717, 1.165) is 12.8 Å². The van der Waals surface area contributed by atoms with Crippen LogP contribution in [0.1, 0.15) is 12.8 Å². The second kappa shape index (κ2) is 3.43. The fraction of sp³-hybridized carbons (Fsp3) is 0.857. The number of hydrogen-bond acceptors (Lipinski definition) is 3. The normalized spacial score (nSPS) is 25.4. The van der Waals surface area contributed by atoms with Crippen molar-refractivity contribution in [1.82, 2.24) is 4.90 Å². The predicted octanol–water partition coefficient (Wildman–Crippen LogP) is -0.348. The molecule has 0 aromatic heterocycles. The molecule has 1 rings (SSSR count). The zero-order valence-corrected chi connectivity index (χ0v) is 7.88. The largest absolute Gasteiger partial charge is 0.344 e. The first-order valence-corrected chi connectivity index (χ1v) is 5.87. The lowest BCUT2D eigenvalue weighted by Crippen LogP contribution is -2.41.